The van der Waals surface area contributed by atoms with Gasteiger partial charge in [0.2, 0.25) is 5.95 Å². The summed E-state index contributed by atoms with van der Waals surface area (Å²) in [7, 11) is 3.84. The maximum absolute atomic E-state index is 5.62. The Morgan fingerprint density at radius 1 is 1.44 bits per heavy atom. The standard InChI is InChI=1S/C11H21N5/c1-8(7-12)9(2)14-10-5-6-13-11(15-10)16(3)4/h5-6,8-9H,7,12H2,1-4H3,(H,13,14,15). The highest BCUT2D eigenvalue weighted by atomic mass is 15.2. The van der Waals surface area contributed by atoms with Gasteiger partial charge in [-0.3, -0.25) is 0 Å². The van der Waals surface area contributed by atoms with Gasteiger partial charge in [-0.15, -0.1) is 0 Å². The first-order valence-corrected chi connectivity index (χ1v) is 5.51. The van der Waals surface area contributed by atoms with Gasteiger partial charge in [-0.05, 0) is 25.5 Å². The SMILES string of the molecule is CC(CN)C(C)Nc1ccnc(N(C)C)n1. The molecule has 1 heterocycles. The van der Waals surface area contributed by atoms with Crippen LogP contribution >= 0.6 is 0 Å². The zero-order valence-corrected chi connectivity index (χ0v) is 10.4. The van der Waals surface area contributed by atoms with E-state index in [2.05, 4.69) is 29.1 Å². The van der Waals surface area contributed by atoms with Crippen molar-refractivity contribution in [1.29, 1.82) is 0 Å². The smallest absolute Gasteiger partial charge is 0.226 e. The van der Waals surface area contributed by atoms with Crippen LogP contribution in [0.1, 0.15) is 13.8 Å². The molecule has 0 aromatic carbocycles. The Morgan fingerprint density at radius 2 is 2.12 bits per heavy atom. The second kappa shape index (κ2) is 5.65. The number of hydrogen-bond acceptors (Lipinski definition) is 5. The quantitative estimate of drug-likeness (QED) is 0.777. The molecule has 16 heavy (non-hydrogen) atoms. The molecule has 0 bridgehead atoms. The molecule has 1 aromatic heterocycles. The molecule has 2 atom stereocenters. The molecule has 0 aliphatic rings. The number of nitrogens with two attached hydrogens (primary N) is 1. The predicted octanol–water partition coefficient (Wildman–Crippen LogP) is 0.938. The fraction of sp³-hybridized carbons (Fsp3) is 0.636. The lowest BCUT2D eigenvalue weighted by Crippen LogP contribution is -2.30. The van der Waals surface area contributed by atoms with E-state index in [-0.39, 0.29) is 0 Å². The summed E-state index contributed by atoms with van der Waals surface area (Å²) in [6.07, 6.45) is 1.75. The van der Waals surface area contributed by atoms with Gasteiger partial charge in [-0.25, -0.2) is 4.98 Å². The number of nitrogens with zero attached hydrogens (tertiary/aromatic N) is 3. The van der Waals surface area contributed by atoms with Crippen molar-refractivity contribution in [1.82, 2.24) is 9.97 Å². The van der Waals surface area contributed by atoms with Gasteiger partial charge in [0.05, 0.1) is 0 Å². The van der Waals surface area contributed by atoms with E-state index >= 15 is 0 Å². The average molecular weight is 223 g/mol. The van der Waals surface area contributed by atoms with E-state index in [0.717, 1.165) is 5.82 Å². The first-order valence-electron chi connectivity index (χ1n) is 5.51. The summed E-state index contributed by atoms with van der Waals surface area (Å²) in [5, 5.41) is 3.33. The Balaban J connectivity index is 2.70. The van der Waals surface area contributed by atoms with Gasteiger partial charge in [0.1, 0.15) is 5.82 Å². The van der Waals surface area contributed by atoms with Crippen LogP contribution in [0.3, 0.4) is 0 Å². The summed E-state index contributed by atoms with van der Waals surface area (Å²) in [5.74, 6) is 1.96. The third-order valence-corrected chi connectivity index (χ3v) is 2.64. The highest BCUT2D eigenvalue weighted by Crippen LogP contribution is 2.11. The average Bonchev–Trinajstić information content (AvgIpc) is 2.28. The summed E-state index contributed by atoms with van der Waals surface area (Å²) in [6.45, 7) is 4.89. The van der Waals surface area contributed by atoms with Crippen molar-refractivity contribution < 1.29 is 0 Å². The van der Waals surface area contributed by atoms with Gasteiger partial charge in [0.15, 0.2) is 0 Å². The van der Waals surface area contributed by atoms with Crippen molar-refractivity contribution in [2.75, 3.05) is 30.9 Å². The summed E-state index contributed by atoms with van der Waals surface area (Å²) < 4.78 is 0. The molecule has 0 saturated carbocycles. The minimum Gasteiger partial charge on any atom is -0.367 e. The minimum absolute atomic E-state index is 0.301. The van der Waals surface area contributed by atoms with E-state index in [9.17, 15) is 0 Å². The number of anilines is 2. The Labute approximate surface area is 97.1 Å². The minimum atomic E-state index is 0.301. The second-order valence-electron chi connectivity index (χ2n) is 4.28. The normalized spacial score (nSPS) is 14.3. The highest BCUT2D eigenvalue weighted by Gasteiger charge is 2.11. The first-order chi connectivity index (χ1) is 7.54. The molecule has 0 aliphatic carbocycles. The zero-order chi connectivity index (χ0) is 12.1. The van der Waals surface area contributed by atoms with Crippen molar-refractivity contribution in [3.8, 4) is 0 Å². The second-order valence-corrected chi connectivity index (χ2v) is 4.28. The van der Waals surface area contributed by atoms with Crippen molar-refractivity contribution in [3.05, 3.63) is 12.3 Å². The molecule has 0 amide bonds. The molecule has 0 saturated heterocycles. The molecule has 0 radical (unpaired) electrons. The predicted molar refractivity (Wildman–Crippen MR) is 67.7 cm³/mol. The molecular formula is C11H21N5. The molecule has 0 aliphatic heterocycles. The number of aromatic nitrogens is 2. The maximum Gasteiger partial charge on any atom is 0.226 e. The topological polar surface area (TPSA) is 67.1 Å². The van der Waals surface area contributed by atoms with E-state index in [1.807, 2.05) is 25.1 Å². The number of nitrogens with one attached hydrogen (secondary N) is 1. The summed E-state index contributed by atoms with van der Waals surface area (Å²) in [6, 6.07) is 2.17. The third kappa shape index (κ3) is 3.34. The Bertz CT molecular complexity index is 326. The molecule has 3 N–H and O–H groups in total. The first kappa shape index (κ1) is 12.7. The van der Waals surface area contributed by atoms with Crippen LogP contribution in [-0.2, 0) is 0 Å². The van der Waals surface area contributed by atoms with E-state index in [1.54, 1.807) is 6.20 Å². The van der Waals surface area contributed by atoms with Crippen molar-refractivity contribution in [2.45, 2.75) is 19.9 Å². The number of rotatable bonds is 5. The fourth-order valence-electron chi connectivity index (χ4n) is 1.22. The Morgan fingerprint density at radius 3 is 2.69 bits per heavy atom. The molecular weight excluding hydrogens is 202 g/mol. The van der Waals surface area contributed by atoms with Crippen LogP contribution in [0.2, 0.25) is 0 Å². The van der Waals surface area contributed by atoms with Gasteiger partial charge < -0.3 is 16.0 Å². The van der Waals surface area contributed by atoms with Crippen LogP contribution in [0.5, 0.6) is 0 Å². The van der Waals surface area contributed by atoms with Gasteiger partial charge >= 0.3 is 0 Å². The van der Waals surface area contributed by atoms with Crippen LogP contribution in [0.4, 0.5) is 11.8 Å². The van der Waals surface area contributed by atoms with Crippen LogP contribution in [-0.4, -0.2) is 36.6 Å². The number of hydrogen-bond donors (Lipinski definition) is 2. The molecule has 5 heteroatoms. The lowest BCUT2D eigenvalue weighted by atomic mass is 10.0. The van der Waals surface area contributed by atoms with E-state index in [4.69, 9.17) is 5.73 Å². The molecule has 1 rings (SSSR count). The summed E-state index contributed by atoms with van der Waals surface area (Å²) in [4.78, 5) is 10.4. The van der Waals surface area contributed by atoms with E-state index in [1.165, 1.54) is 0 Å². The lowest BCUT2D eigenvalue weighted by molar-refractivity contribution is 0.520. The van der Waals surface area contributed by atoms with Crippen molar-refractivity contribution in [2.24, 2.45) is 11.7 Å². The van der Waals surface area contributed by atoms with Crippen LogP contribution in [0.25, 0.3) is 0 Å². The van der Waals surface area contributed by atoms with Gasteiger partial charge in [0, 0.05) is 26.3 Å². The lowest BCUT2D eigenvalue weighted by Gasteiger charge is -2.20. The van der Waals surface area contributed by atoms with E-state index in [0.29, 0.717) is 24.5 Å². The largest absolute Gasteiger partial charge is 0.367 e. The summed E-state index contributed by atoms with van der Waals surface area (Å²) >= 11 is 0. The molecule has 1 aromatic rings. The fourth-order valence-corrected chi connectivity index (χ4v) is 1.22. The molecule has 90 valence electrons. The monoisotopic (exact) mass is 223 g/mol. The molecule has 0 spiro atoms. The van der Waals surface area contributed by atoms with Gasteiger partial charge in [-0.2, -0.15) is 4.98 Å². The van der Waals surface area contributed by atoms with Gasteiger partial charge in [0.25, 0.3) is 0 Å². The van der Waals surface area contributed by atoms with Crippen LogP contribution < -0.4 is 16.0 Å². The molecule has 2 unspecified atom stereocenters. The van der Waals surface area contributed by atoms with Gasteiger partial charge in [-0.1, -0.05) is 6.92 Å². The van der Waals surface area contributed by atoms with Crippen molar-refractivity contribution in [3.63, 3.8) is 0 Å². The summed E-state index contributed by atoms with van der Waals surface area (Å²) in [5.41, 5.74) is 5.62. The maximum atomic E-state index is 5.62. The zero-order valence-electron chi connectivity index (χ0n) is 10.4. The van der Waals surface area contributed by atoms with Crippen molar-refractivity contribution >= 4 is 11.8 Å². The highest BCUT2D eigenvalue weighted by molar-refractivity contribution is 5.40. The Kier molecular flexibility index (Phi) is 4.49. The third-order valence-electron chi connectivity index (χ3n) is 2.64. The van der Waals surface area contributed by atoms with E-state index < -0.39 is 0 Å². The molecule has 0 fully saturated rings. The molecule has 5 nitrogen and oxygen atoms in total. The Hall–Kier alpha value is -1.36. The van der Waals surface area contributed by atoms with Crippen LogP contribution in [0, 0.1) is 5.92 Å². The van der Waals surface area contributed by atoms with Crippen LogP contribution in [0.15, 0.2) is 12.3 Å².